The van der Waals surface area contributed by atoms with E-state index >= 15 is 0 Å². The first-order chi connectivity index (χ1) is 6.31. The standard InChI is InChI=1S/C11H23NS/c1-4-10(8-13-3)12-11(5-2)9-6-7-9/h9-12H,4-8H2,1-3H3. The van der Waals surface area contributed by atoms with Crippen LogP contribution in [0.4, 0.5) is 0 Å². The van der Waals surface area contributed by atoms with Gasteiger partial charge in [0.05, 0.1) is 0 Å². The monoisotopic (exact) mass is 201 g/mol. The minimum Gasteiger partial charge on any atom is -0.310 e. The van der Waals surface area contributed by atoms with Crippen LogP contribution in [0.3, 0.4) is 0 Å². The highest BCUT2D eigenvalue weighted by atomic mass is 32.2. The van der Waals surface area contributed by atoms with E-state index in [4.69, 9.17) is 0 Å². The molecule has 2 heteroatoms. The van der Waals surface area contributed by atoms with Crippen LogP contribution in [-0.4, -0.2) is 24.1 Å². The summed E-state index contributed by atoms with van der Waals surface area (Å²) in [6.07, 6.45) is 7.68. The van der Waals surface area contributed by atoms with Crippen LogP contribution in [0.1, 0.15) is 39.5 Å². The summed E-state index contributed by atoms with van der Waals surface area (Å²) in [5.41, 5.74) is 0. The van der Waals surface area contributed by atoms with Gasteiger partial charge in [0.15, 0.2) is 0 Å². The molecule has 1 N–H and O–H groups in total. The lowest BCUT2D eigenvalue weighted by Gasteiger charge is -2.23. The maximum Gasteiger partial charge on any atom is 0.0158 e. The highest BCUT2D eigenvalue weighted by molar-refractivity contribution is 7.98. The third-order valence-corrected chi connectivity index (χ3v) is 3.68. The third kappa shape index (κ3) is 3.90. The van der Waals surface area contributed by atoms with Gasteiger partial charge >= 0.3 is 0 Å². The van der Waals surface area contributed by atoms with Gasteiger partial charge in [0.2, 0.25) is 0 Å². The summed E-state index contributed by atoms with van der Waals surface area (Å²) in [4.78, 5) is 0. The molecule has 1 nitrogen and oxygen atoms in total. The lowest BCUT2D eigenvalue weighted by molar-refractivity contribution is 0.396. The molecule has 0 aromatic carbocycles. The molecule has 13 heavy (non-hydrogen) atoms. The van der Waals surface area contributed by atoms with Gasteiger partial charge in [0.1, 0.15) is 0 Å². The van der Waals surface area contributed by atoms with E-state index in [0.717, 1.165) is 18.0 Å². The molecule has 2 unspecified atom stereocenters. The Kier molecular flexibility index (Phi) is 5.18. The lowest BCUT2D eigenvalue weighted by Crippen LogP contribution is -2.40. The topological polar surface area (TPSA) is 12.0 Å². The fourth-order valence-corrected chi connectivity index (χ4v) is 2.61. The van der Waals surface area contributed by atoms with Gasteiger partial charge in [0.25, 0.3) is 0 Å². The van der Waals surface area contributed by atoms with Crippen LogP contribution in [-0.2, 0) is 0 Å². The van der Waals surface area contributed by atoms with Crippen LogP contribution < -0.4 is 5.32 Å². The average Bonchev–Trinajstić information content (AvgIpc) is 2.95. The smallest absolute Gasteiger partial charge is 0.0158 e. The fraction of sp³-hybridized carbons (Fsp3) is 1.00. The zero-order chi connectivity index (χ0) is 9.68. The predicted octanol–water partition coefficient (Wildman–Crippen LogP) is 2.91. The van der Waals surface area contributed by atoms with Gasteiger partial charge in [-0.3, -0.25) is 0 Å². The maximum atomic E-state index is 3.80. The number of thioether (sulfide) groups is 1. The van der Waals surface area contributed by atoms with Crippen LogP contribution in [0.2, 0.25) is 0 Å². The van der Waals surface area contributed by atoms with Crippen molar-refractivity contribution in [3.63, 3.8) is 0 Å². The fourth-order valence-electron chi connectivity index (χ4n) is 1.87. The van der Waals surface area contributed by atoms with Crippen molar-refractivity contribution >= 4 is 11.8 Å². The van der Waals surface area contributed by atoms with Crippen molar-refractivity contribution in [3.8, 4) is 0 Å². The molecule has 0 heterocycles. The summed E-state index contributed by atoms with van der Waals surface area (Å²) < 4.78 is 0. The van der Waals surface area contributed by atoms with E-state index in [2.05, 4.69) is 25.4 Å². The number of hydrogen-bond donors (Lipinski definition) is 1. The molecule has 0 saturated heterocycles. The molecular weight excluding hydrogens is 178 g/mol. The van der Waals surface area contributed by atoms with E-state index in [1.54, 1.807) is 0 Å². The summed E-state index contributed by atoms with van der Waals surface area (Å²) in [5, 5.41) is 3.80. The van der Waals surface area contributed by atoms with Crippen molar-refractivity contribution in [1.29, 1.82) is 0 Å². The molecule has 0 radical (unpaired) electrons. The van der Waals surface area contributed by atoms with Crippen molar-refractivity contribution in [1.82, 2.24) is 5.32 Å². The van der Waals surface area contributed by atoms with E-state index in [9.17, 15) is 0 Å². The second kappa shape index (κ2) is 5.92. The molecule has 0 aromatic rings. The van der Waals surface area contributed by atoms with Gasteiger partial charge in [0, 0.05) is 17.8 Å². The van der Waals surface area contributed by atoms with E-state index in [-0.39, 0.29) is 0 Å². The second-order valence-corrected chi connectivity index (χ2v) is 4.99. The summed E-state index contributed by atoms with van der Waals surface area (Å²) in [6.45, 7) is 4.59. The van der Waals surface area contributed by atoms with Gasteiger partial charge < -0.3 is 5.32 Å². The minimum atomic E-state index is 0.737. The Morgan fingerprint density at radius 1 is 1.31 bits per heavy atom. The molecule has 0 aromatic heterocycles. The molecule has 1 fully saturated rings. The SMILES string of the molecule is CCC(CSC)NC(CC)C1CC1. The first-order valence-electron chi connectivity index (χ1n) is 5.56. The summed E-state index contributed by atoms with van der Waals surface area (Å²) in [5.74, 6) is 2.26. The summed E-state index contributed by atoms with van der Waals surface area (Å²) >= 11 is 1.96. The summed E-state index contributed by atoms with van der Waals surface area (Å²) in [7, 11) is 0. The Hall–Kier alpha value is 0.310. The van der Waals surface area contributed by atoms with Crippen LogP contribution in [0.25, 0.3) is 0 Å². The van der Waals surface area contributed by atoms with Gasteiger partial charge in [-0.15, -0.1) is 0 Å². The molecule has 1 aliphatic rings. The molecular formula is C11H23NS. The van der Waals surface area contributed by atoms with Crippen molar-refractivity contribution < 1.29 is 0 Å². The van der Waals surface area contributed by atoms with Crippen LogP contribution in [0.15, 0.2) is 0 Å². The molecule has 2 atom stereocenters. The van der Waals surface area contributed by atoms with Crippen molar-refractivity contribution in [2.75, 3.05) is 12.0 Å². The van der Waals surface area contributed by atoms with Crippen molar-refractivity contribution in [2.24, 2.45) is 5.92 Å². The Morgan fingerprint density at radius 2 is 2.00 bits per heavy atom. The number of rotatable bonds is 7. The van der Waals surface area contributed by atoms with Crippen LogP contribution in [0.5, 0.6) is 0 Å². The number of hydrogen-bond acceptors (Lipinski definition) is 2. The van der Waals surface area contributed by atoms with E-state index in [1.165, 1.54) is 31.4 Å². The molecule has 0 amide bonds. The molecule has 0 aliphatic heterocycles. The second-order valence-electron chi connectivity index (χ2n) is 4.08. The van der Waals surface area contributed by atoms with Crippen molar-refractivity contribution in [2.45, 2.75) is 51.6 Å². The molecule has 0 spiro atoms. The Morgan fingerprint density at radius 3 is 2.38 bits per heavy atom. The molecule has 1 aliphatic carbocycles. The normalized spacial score (nSPS) is 21.5. The first-order valence-corrected chi connectivity index (χ1v) is 6.96. The largest absolute Gasteiger partial charge is 0.310 e. The Labute approximate surface area is 87.1 Å². The van der Waals surface area contributed by atoms with Crippen LogP contribution in [0, 0.1) is 5.92 Å². The summed E-state index contributed by atoms with van der Waals surface area (Å²) in [6, 6.07) is 1.54. The van der Waals surface area contributed by atoms with Crippen LogP contribution >= 0.6 is 11.8 Å². The Bertz CT molecular complexity index is 134. The lowest BCUT2D eigenvalue weighted by atomic mass is 10.1. The molecule has 1 rings (SSSR count). The van der Waals surface area contributed by atoms with E-state index in [1.807, 2.05) is 11.8 Å². The van der Waals surface area contributed by atoms with Gasteiger partial charge in [-0.2, -0.15) is 11.8 Å². The van der Waals surface area contributed by atoms with Gasteiger partial charge in [-0.25, -0.2) is 0 Å². The predicted molar refractivity (Wildman–Crippen MR) is 62.4 cm³/mol. The zero-order valence-electron chi connectivity index (χ0n) is 9.18. The van der Waals surface area contributed by atoms with Gasteiger partial charge in [-0.05, 0) is 37.9 Å². The zero-order valence-corrected chi connectivity index (χ0v) is 9.99. The third-order valence-electron chi connectivity index (χ3n) is 2.94. The quantitative estimate of drug-likeness (QED) is 0.680. The Balaban J connectivity index is 2.24. The van der Waals surface area contributed by atoms with E-state index in [0.29, 0.717) is 0 Å². The highest BCUT2D eigenvalue weighted by Crippen LogP contribution is 2.34. The number of nitrogens with one attached hydrogen (secondary N) is 1. The highest BCUT2D eigenvalue weighted by Gasteiger charge is 2.30. The van der Waals surface area contributed by atoms with Gasteiger partial charge in [-0.1, -0.05) is 13.8 Å². The molecule has 78 valence electrons. The maximum absolute atomic E-state index is 3.80. The molecule has 0 bridgehead atoms. The first kappa shape index (κ1) is 11.4. The molecule has 1 saturated carbocycles. The average molecular weight is 201 g/mol. The minimum absolute atomic E-state index is 0.737. The van der Waals surface area contributed by atoms with E-state index < -0.39 is 0 Å². The van der Waals surface area contributed by atoms with Crippen molar-refractivity contribution in [3.05, 3.63) is 0 Å².